The summed E-state index contributed by atoms with van der Waals surface area (Å²) in [6.45, 7) is 1.72. The molecule has 0 spiro atoms. The molecule has 1 atom stereocenters. The molecular formula is C29H25N3O9. The molecule has 0 saturated heterocycles. The van der Waals surface area contributed by atoms with Crippen LogP contribution >= 0.6 is 0 Å². The van der Waals surface area contributed by atoms with Gasteiger partial charge in [-0.2, -0.15) is 0 Å². The van der Waals surface area contributed by atoms with Crippen molar-refractivity contribution in [2.45, 2.75) is 51.4 Å². The number of aromatic hydroxyl groups is 2. The number of benzene rings is 1. The van der Waals surface area contributed by atoms with E-state index >= 15 is 0 Å². The Balaban J connectivity index is 1.26. The maximum Gasteiger partial charge on any atom is 0.355 e. The molecule has 3 aromatic heterocycles. The SMILES string of the molecule is CC[C@@]1(OC(=O)CCCC(=O)On2c(O)ccc2O)C(=O)OCc2c1cc1n(c2=O)Cc2cc3ccccc3nc2-1. The molecule has 0 saturated carbocycles. The Morgan fingerprint density at radius 3 is 2.54 bits per heavy atom. The maximum atomic E-state index is 13.6. The van der Waals surface area contributed by atoms with Crippen LogP contribution in [0, 0.1) is 0 Å². The Morgan fingerprint density at radius 2 is 1.78 bits per heavy atom. The van der Waals surface area contributed by atoms with E-state index in [0.717, 1.165) is 28.6 Å². The van der Waals surface area contributed by atoms with E-state index in [-0.39, 0.29) is 49.0 Å². The molecule has 5 heterocycles. The average Bonchev–Trinajstić information content (AvgIpc) is 3.48. The minimum absolute atomic E-state index is 0.000622. The first-order valence-corrected chi connectivity index (χ1v) is 13.1. The number of pyridine rings is 2. The van der Waals surface area contributed by atoms with E-state index in [1.165, 1.54) is 0 Å². The molecule has 1 aromatic carbocycles. The van der Waals surface area contributed by atoms with E-state index in [1.807, 2.05) is 30.3 Å². The topological polar surface area (TPSA) is 159 Å². The van der Waals surface area contributed by atoms with Crippen LogP contribution in [0.15, 0.2) is 53.3 Å². The number of rotatable bonds is 7. The summed E-state index contributed by atoms with van der Waals surface area (Å²) in [5, 5.41) is 20.1. The van der Waals surface area contributed by atoms with Gasteiger partial charge in [-0.3, -0.25) is 9.59 Å². The first kappa shape index (κ1) is 26.1. The molecule has 2 aliphatic heterocycles. The van der Waals surface area contributed by atoms with Crippen molar-refractivity contribution in [3.05, 3.63) is 75.6 Å². The predicted octanol–water partition coefficient (Wildman–Crippen LogP) is 2.67. The van der Waals surface area contributed by atoms with Crippen LogP contribution in [0.25, 0.3) is 22.3 Å². The Labute approximate surface area is 232 Å². The number of nitrogens with zero attached hydrogens (tertiary/aromatic N) is 3. The highest BCUT2D eigenvalue weighted by Crippen LogP contribution is 2.41. The van der Waals surface area contributed by atoms with Crippen LogP contribution in [0.1, 0.15) is 49.3 Å². The summed E-state index contributed by atoms with van der Waals surface area (Å²) in [7, 11) is 0. The van der Waals surface area contributed by atoms with Crippen LogP contribution in [0.2, 0.25) is 0 Å². The minimum Gasteiger partial charge on any atom is -0.492 e. The normalized spacial score (nSPS) is 17.0. The highest BCUT2D eigenvalue weighted by Gasteiger charge is 2.50. The molecule has 12 nitrogen and oxygen atoms in total. The van der Waals surface area contributed by atoms with Gasteiger partial charge in [-0.05, 0) is 31.0 Å². The van der Waals surface area contributed by atoms with Crippen LogP contribution in [0.5, 0.6) is 11.8 Å². The number of ether oxygens (including phenoxy) is 2. The van der Waals surface area contributed by atoms with Crippen molar-refractivity contribution in [1.29, 1.82) is 0 Å². The summed E-state index contributed by atoms with van der Waals surface area (Å²) in [6, 6.07) is 13.6. The number of aromatic nitrogens is 3. The summed E-state index contributed by atoms with van der Waals surface area (Å²) in [4.78, 5) is 61.5. The Morgan fingerprint density at radius 1 is 1.05 bits per heavy atom. The molecule has 0 aliphatic carbocycles. The van der Waals surface area contributed by atoms with E-state index in [0.29, 0.717) is 22.7 Å². The molecule has 6 rings (SSSR count). The summed E-state index contributed by atoms with van der Waals surface area (Å²) in [6.07, 6.45) is -0.472. The van der Waals surface area contributed by atoms with Gasteiger partial charge < -0.3 is 29.1 Å². The molecule has 0 radical (unpaired) electrons. The molecule has 210 valence electrons. The number of para-hydroxylation sites is 1. The third kappa shape index (κ3) is 4.28. The zero-order chi connectivity index (χ0) is 28.9. The number of carbonyl (C=O) groups is 3. The number of hydrogen-bond donors (Lipinski definition) is 2. The molecule has 41 heavy (non-hydrogen) atoms. The van der Waals surface area contributed by atoms with Crippen molar-refractivity contribution in [1.82, 2.24) is 14.3 Å². The van der Waals surface area contributed by atoms with Crippen LogP contribution in [0.4, 0.5) is 0 Å². The lowest BCUT2D eigenvalue weighted by atomic mass is 9.85. The summed E-state index contributed by atoms with van der Waals surface area (Å²) in [5.41, 5.74) is 1.08. The van der Waals surface area contributed by atoms with E-state index in [4.69, 9.17) is 19.3 Å². The van der Waals surface area contributed by atoms with Crippen molar-refractivity contribution in [3.63, 3.8) is 0 Å². The van der Waals surface area contributed by atoms with Gasteiger partial charge in [0, 0.05) is 41.5 Å². The monoisotopic (exact) mass is 559 g/mol. The van der Waals surface area contributed by atoms with Crippen LogP contribution in [-0.2, 0) is 42.6 Å². The lowest BCUT2D eigenvalue weighted by Gasteiger charge is -2.35. The van der Waals surface area contributed by atoms with Gasteiger partial charge in [-0.25, -0.2) is 14.6 Å². The molecule has 0 fully saturated rings. The summed E-state index contributed by atoms with van der Waals surface area (Å²) in [5.74, 6) is -3.31. The molecular weight excluding hydrogens is 534 g/mol. The fraction of sp³-hybridized carbons (Fsp3) is 0.276. The largest absolute Gasteiger partial charge is 0.492 e. The number of esters is 2. The lowest BCUT2D eigenvalue weighted by molar-refractivity contribution is -0.189. The second-order valence-electron chi connectivity index (χ2n) is 9.89. The van der Waals surface area contributed by atoms with Gasteiger partial charge in [-0.1, -0.05) is 25.1 Å². The van der Waals surface area contributed by atoms with Crippen molar-refractivity contribution < 1.29 is 38.9 Å². The molecule has 0 unspecified atom stereocenters. The zero-order valence-electron chi connectivity index (χ0n) is 22.0. The van der Waals surface area contributed by atoms with Crippen molar-refractivity contribution >= 4 is 28.8 Å². The van der Waals surface area contributed by atoms with Gasteiger partial charge in [0.1, 0.15) is 6.61 Å². The zero-order valence-corrected chi connectivity index (χ0v) is 22.0. The van der Waals surface area contributed by atoms with Gasteiger partial charge in [0.25, 0.3) is 5.56 Å². The average molecular weight is 560 g/mol. The smallest absolute Gasteiger partial charge is 0.355 e. The second kappa shape index (κ2) is 9.81. The minimum atomic E-state index is -1.84. The van der Waals surface area contributed by atoms with Gasteiger partial charge >= 0.3 is 17.9 Å². The highest BCUT2D eigenvalue weighted by atomic mass is 16.7. The number of hydrogen-bond acceptors (Lipinski definition) is 10. The molecule has 12 heteroatoms. The number of carbonyl (C=O) groups excluding carboxylic acids is 3. The van der Waals surface area contributed by atoms with E-state index in [9.17, 15) is 29.4 Å². The first-order valence-electron chi connectivity index (χ1n) is 13.1. The van der Waals surface area contributed by atoms with E-state index in [1.54, 1.807) is 17.6 Å². The lowest BCUT2D eigenvalue weighted by Crippen LogP contribution is -2.47. The molecule has 0 bridgehead atoms. The highest BCUT2D eigenvalue weighted by molar-refractivity contribution is 5.88. The number of cyclic esters (lactones) is 1. The van der Waals surface area contributed by atoms with E-state index in [2.05, 4.69) is 0 Å². The molecule has 0 amide bonds. The Hall–Kier alpha value is -5.13. The molecule has 4 aromatic rings. The fourth-order valence-corrected chi connectivity index (χ4v) is 5.35. The molecule has 2 aliphatic rings. The standard InChI is InChI=1S/C29H25N3O9/c1-2-29(40-24(35)8-5-9-25(36)41-32-22(33)10-11-23(32)34)19-13-21-26-17(12-16-6-3-4-7-20(16)30-26)14-31(21)27(37)18(19)15-39-28(29)38/h3-4,6-7,10-13,33-34H,2,5,8-9,14-15H2,1H3/t29-/m0/s1. The fourth-order valence-electron chi connectivity index (χ4n) is 5.35. The number of fused-ring (bicyclic) bond motifs is 5. The summed E-state index contributed by atoms with van der Waals surface area (Å²) >= 11 is 0. The summed E-state index contributed by atoms with van der Waals surface area (Å²) < 4.78 is 13.2. The molecule has 2 N–H and O–H groups in total. The Kier molecular flexibility index (Phi) is 6.24. The quantitative estimate of drug-likeness (QED) is 0.284. The van der Waals surface area contributed by atoms with Crippen molar-refractivity contribution in [2.75, 3.05) is 0 Å². The van der Waals surface area contributed by atoms with Crippen LogP contribution < -0.4 is 10.4 Å². The first-order chi connectivity index (χ1) is 19.7. The van der Waals surface area contributed by atoms with E-state index < -0.39 is 35.3 Å². The van der Waals surface area contributed by atoms with Gasteiger partial charge in [0.2, 0.25) is 17.4 Å². The third-order valence-corrected chi connectivity index (χ3v) is 7.43. The van der Waals surface area contributed by atoms with Crippen LogP contribution in [-0.4, -0.2) is 42.4 Å². The van der Waals surface area contributed by atoms with Crippen molar-refractivity contribution in [3.8, 4) is 23.1 Å². The maximum absolute atomic E-state index is 13.6. The van der Waals surface area contributed by atoms with Gasteiger partial charge in [-0.15, -0.1) is 4.73 Å². The third-order valence-electron chi connectivity index (χ3n) is 7.43. The predicted molar refractivity (Wildman–Crippen MR) is 142 cm³/mol. The Bertz CT molecular complexity index is 1790. The van der Waals surface area contributed by atoms with Gasteiger partial charge in [0.05, 0.1) is 29.0 Å². The van der Waals surface area contributed by atoms with Crippen molar-refractivity contribution in [2.24, 2.45) is 0 Å². The van der Waals surface area contributed by atoms with Crippen LogP contribution in [0.3, 0.4) is 0 Å². The van der Waals surface area contributed by atoms with Gasteiger partial charge in [0.15, 0.2) is 0 Å². The second-order valence-corrected chi connectivity index (χ2v) is 9.89.